The van der Waals surface area contributed by atoms with E-state index >= 15 is 0 Å². The Kier molecular flexibility index (Phi) is 3.69. The molecule has 2 aromatic carbocycles. The van der Waals surface area contributed by atoms with Crippen LogP contribution in [0.3, 0.4) is 0 Å². The van der Waals surface area contributed by atoms with Crippen molar-refractivity contribution >= 4 is 17.1 Å². The minimum absolute atomic E-state index is 0.0639. The second-order valence-corrected chi connectivity index (χ2v) is 4.36. The van der Waals surface area contributed by atoms with Gasteiger partial charge in [0.05, 0.1) is 0 Å². The van der Waals surface area contributed by atoms with Gasteiger partial charge in [0.2, 0.25) is 0 Å². The Bertz CT molecular complexity index is 573. The molecule has 0 radical (unpaired) electrons. The standard InChI is InChI=1S/C15H16F2N2/c1-3-19(14-7-5-4-6-10(14)2)15-12(16)8-11(18)9-13(15)17/h4-9H,3,18H2,1-2H3. The summed E-state index contributed by atoms with van der Waals surface area (Å²) in [6.07, 6.45) is 0. The Morgan fingerprint density at radius 3 is 2.21 bits per heavy atom. The number of rotatable bonds is 3. The summed E-state index contributed by atoms with van der Waals surface area (Å²) in [5.74, 6) is -1.30. The van der Waals surface area contributed by atoms with Gasteiger partial charge in [0.1, 0.15) is 5.69 Å². The molecule has 2 nitrogen and oxygen atoms in total. The third kappa shape index (κ3) is 2.52. The van der Waals surface area contributed by atoms with Gasteiger partial charge in [-0.15, -0.1) is 0 Å². The van der Waals surface area contributed by atoms with Crippen molar-refractivity contribution in [1.82, 2.24) is 0 Å². The van der Waals surface area contributed by atoms with Crippen LogP contribution >= 0.6 is 0 Å². The first kappa shape index (κ1) is 13.3. The largest absolute Gasteiger partial charge is 0.399 e. The van der Waals surface area contributed by atoms with E-state index in [-0.39, 0.29) is 11.4 Å². The lowest BCUT2D eigenvalue weighted by Gasteiger charge is -2.26. The minimum Gasteiger partial charge on any atom is -0.399 e. The van der Waals surface area contributed by atoms with Gasteiger partial charge in [0.25, 0.3) is 0 Å². The van der Waals surface area contributed by atoms with Crippen molar-refractivity contribution in [2.24, 2.45) is 0 Å². The van der Waals surface area contributed by atoms with Crippen LogP contribution < -0.4 is 10.6 Å². The molecular formula is C15H16F2N2. The number of aryl methyl sites for hydroxylation is 1. The van der Waals surface area contributed by atoms with Gasteiger partial charge in [-0.1, -0.05) is 18.2 Å². The van der Waals surface area contributed by atoms with Gasteiger partial charge in [0.15, 0.2) is 11.6 Å². The van der Waals surface area contributed by atoms with Crippen LogP contribution in [0.5, 0.6) is 0 Å². The van der Waals surface area contributed by atoms with Gasteiger partial charge >= 0.3 is 0 Å². The molecule has 0 bridgehead atoms. The van der Waals surface area contributed by atoms with Crippen LogP contribution in [0.1, 0.15) is 12.5 Å². The molecule has 0 aliphatic heterocycles. The van der Waals surface area contributed by atoms with E-state index in [4.69, 9.17) is 5.73 Å². The minimum atomic E-state index is -0.650. The number of benzene rings is 2. The fraction of sp³-hybridized carbons (Fsp3) is 0.200. The Labute approximate surface area is 111 Å². The SMILES string of the molecule is CCN(c1ccccc1C)c1c(F)cc(N)cc1F. The first-order chi connectivity index (χ1) is 9.04. The van der Waals surface area contributed by atoms with Crippen molar-refractivity contribution in [3.63, 3.8) is 0 Å². The highest BCUT2D eigenvalue weighted by atomic mass is 19.1. The summed E-state index contributed by atoms with van der Waals surface area (Å²) in [6.45, 7) is 4.22. The normalized spacial score (nSPS) is 10.5. The molecular weight excluding hydrogens is 246 g/mol. The van der Waals surface area contributed by atoms with E-state index in [9.17, 15) is 8.78 Å². The second kappa shape index (κ2) is 5.26. The maximum absolute atomic E-state index is 14.0. The molecule has 100 valence electrons. The van der Waals surface area contributed by atoms with Crippen LogP contribution in [-0.4, -0.2) is 6.54 Å². The highest BCUT2D eigenvalue weighted by molar-refractivity contribution is 5.68. The summed E-state index contributed by atoms with van der Waals surface area (Å²) < 4.78 is 28.0. The number of nitrogens with zero attached hydrogens (tertiary/aromatic N) is 1. The number of hydrogen-bond acceptors (Lipinski definition) is 2. The number of para-hydroxylation sites is 1. The van der Waals surface area contributed by atoms with Crippen molar-refractivity contribution in [3.8, 4) is 0 Å². The number of nitrogen functional groups attached to an aromatic ring is 1. The van der Waals surface area contributed by atoms with Crippen molar-refractivity contribution in [2.45, 2.75) is 13.8 Å². The zero-order valence-electron chi connectivity index (χ0n) is 11.0. The van der Waals surface area contributed by atoms with Crippen molar-refractivity contribution < 1.29 is 8.78 Å². The molecule has 0 atom stereocenters. The predicted octanol–water partition coefficient (Wildman–Crippen LogP) is 4.01. The predicted molar refractivity (Wildman–Crippen MR) is 74.6 cm³/mol. The van der Waals surface area contributed by atoms with Crippen molar-refractivity contribution in [1.29, 1.82) is 0 Å². The van der Waals surface area contributed by atoms with E-state index in [1.165, 1.54) is 0 Å². The molecule has 0 saturated heterocycles. The van der Waals surface area contributed by atoms with Crippen molar-refractivity contribution in [3.05, 3.63) is 53.6 Å². The smallest absolute Gasteiger partial charge is 0.151 e. The zero-order chi connectivity index (χ0) is 14.0. The van der Waals surface area contributed by atoms with E-state index in [0.29, 0.717) is 6.54 Å². The molecule has 2 aromatic rings. The van der Waals surface area contributed by atoms with Crippen LogP contribution in [0.15, 0.2) is 36.4 Å². The summed E-state index contributed by atoms with van der Waals surface area (Å²) in [5, 5.41) is 0. The maximum Gasteiger partial charge on any atom is 0.151 e. The number of hydrogen-bond donors (Lipinski definition) is 1. The number of halogens is 2. The second-order valence-electron chi connectivity index (χ2n) is 4.36. The summed E-state index contributed by atoms with van der Waals surface area (Å²) in [4.78, 5) is 1.61. The summed E-state index contributed by atoms with van der Waals surface area (Å²) >= 11 is 0. The molecule has 4 heteroatoms. The first-order valence-corrected chi connectivity index (χ1v) is 6.12. The molecule has 0 fully saturated rings. The molecule has 0 aliphatic carbocycles. The Morgan fingerprint density at radius 1 is 1.11 bits per heavy atom. The molecule has 0 spiro atoms. The lowest BCUT2D eigenvalue weighted by Crippen LogP contribution is -2.20. The van der Waals surface area contributed by atoms with Gasteiger partial charge < -0.3 is 10.6 Å². The maximum atomic E-state index is 14.0. The highest BCUT2D eigenvalue weighted by Crippen LogP contribution is 2.33. The van der Waals surface area contributed by atoms with E-state index in [0.717, 1.165) is 23.4 Å². The zero-order valence-corrected chi connectivity index (χ0v) is 11.0. The molecule has 0 unspecified atom stereocenters. The molecule has 0 aliphatic rings. The quantitative estimate of drug-likeness (QED) is 0.847. The van der Waals surface area contributed by atoms with Crippen LogP contribution in [0.4, 0.5) is 25.8 Å². The summed E-state index contributed by atoms with van der Waals surface area (Å²) in [7, 11) is 0. The molecule has 2 rings (SSSR count). The number of anilines is 3. The fourth-order valence-corrected chi connectivity index (χ4v) is 2.16. The first-order valence-electron chi connectivity index (χ1n) is 6.12. The molecule has 0 heterocycles. The average molecular weight is 262 g/mol. The van der Waals surface area contributed by atoms with Crippen LogP contribution in [0.25, 0.3) is 0 Å². The third-order valence-electron chi connectivity index (χ3n) is 3.03. The summed E-state index contributed by atoms with van der Waals surface area (Å²) in [5.41, 5.74) is 7.20. The van der Waals surface area contributed by atoms with E-state index in [1.54, 1.807) is 4.90 Å². The van der Waals surface area contributed by atoms with Gasteiger partial charge in [0, 0.05) is 17.9 Å². The van der Waals surface area contributed by atoms with Crippen LogP contribution in [-0.2, 0) is 0 Å². The Hall–Kier alpha value is -2.10. The average Bonchev–Trinajstić information content (AvgIpc) is 2.34. The topological polar surface area (TPSA) is 29.3 Å². The van der Waals surface area contributed by atoms with Crippen LogP contribution in [0, 0.1) is 18.6 Å². The molecule has 0 amide bonds. The van der Waals surface area contributed by atoms with E-state index in [1.807, 2.05) is 38.1 Å². The molecule has 19 heavy (non-hydrogen) atoms. The number of nitrogens with two attached hydrogens (primary N) is 1. The summed E-state index contributed by atoms with van der Waals surface area (Å²) in [6, 6.07) is 9.76. The van der Waals surface area contributed by atoms with E-state index < -0.39 is 11.6 Å². The molecule has 0 aromatic heterocycles. The Balaban J connectivity index is 2.58. The Morgan fingerprint density at radius 2 is 1.68 bits per heavy atom. The fourth-order valence-electron chi connectivity index (χ4n) is 2.16. The highest BCUT2D eigenvalue weighted by Gasteiger charge is 2.19. The molecule has 0 saturated carbocycles. The van der Waals surface area contributed by atoms with Crippen molar-refractivity contribution in [2.75, 3.05) is 17.2 Å². The molecule has 2 N–H and O–H groups in total. The monoisotopic (exact) mass is 262 g/mol. The lowest BCUT2D eigenvalue weighted by molar-refractivity contribution is 0.582. The van der Waals surface area contributed by atoms with Gasteiger partial charge in [-0.3, -0.25) is 0 Å². The third-order valence-corrected chi connectivity index (χ3v) is 3.03. The van der Waals surface area contributed by atoms with Gasteiger partial charge in [-0.25, -0.2) is 8.78 Å². The van der Waals surface area contributed by atoms with Gasteiger partial charge in [-0.05, 0) is 37.6 Å². The van der Waals surface area contributed by atoms with Crippen LogP contribution in [0.2, 0.25) is 0 Å². The lowest BCUT2D eigenvalue weighted by atomic mass is 10.1. The van der Waals surface area contributed by atoms with Gasteiger partial charge in [-0.2, -0.15) is 0 Å². The van der Waals surface area contributed by atoms with E-state index in [2.05, 4.69) is 0 Å².